The highest BCUT2D eigenvalue weighted by atomic mass is 16.5. The third-order valence-electron chi connectivity index (χ3n) is 25.7. The number of ether oxygens (including phenoxy) is 12. The predicted molar refractivity (Wildman–Crippen MR) is 501 cm³/mol. The van der Waals surface area contributed by atoms with E-state index < -0.39 is 0 Å². The third kappa shape index (κ3) is 13.6. The van der Waals surface area contributed by atoms with E-state index in [0.717, 1.165) is 224 Å². The lowest BCUT2D eigenvalue weighted by Crippen LogP contribution is -2.20. The number of rotatable bonds is 28. The highest BCUT2D eigenvalue weighted by Crippen LogP contribution is 2.68. The summed E-state index contributed by atoms with van der Waals surface area (Å²) in [5.41, 5.74) is 18.4. The first kappa shape index (κ1) is 78.1. The zero-order valence-electron chi connectivity index (χ0n) is 72.4. The molecule has 8 heterocycles. The monoisotopic (exact) mass is 1670 g/mol. The number of para-hydroxylation sites is 12. The second kappa shape index (κ2) is 32.4. The van der Waals surface area contributed by atoms with Gasteiger partial charge < -0.3 is 56.8 Å². The summed E-state index contributed by atoms with van der Waals surface area (Å²) in [6, 6.07) is 84.1. The summed E-state index contributed by atoms with van der Waals surface area (Å²) in [5.74, 6) is 14.4. The van der Waals surface area contributed by atoms with Crippen LogP contribution in [0, 0.1) is 23.7 Å². The Balaban J connectivity index is 0.853. The van der Waals surface area contributed by atoms with E-state index in [-0.39, 0.29) is 23.7 Å². The first-order valence-electron chi connectivity index (χ1n) is 45.3. The van der Waals surface area contributed by atoms with Crippen LogP contribution in [0.25, 0.3) is 55.6 Å². The van der Waals surface area contributed by atoms with Gasteiger partial charge in [-0.15, -0.1) is 0 Å². The van der Waals surface area contributed by atoms with Crippen LogP contribution in [0.15, 0.2) is 243 Å². The molecule has 4 unspecified atom stereocenters. The molecule has 12 aromatic rings. The fourth-order valence-electron chi connectivity index (χ4n) is 19.2. The molecule has 0 amide bonds. The molecule has 126 heavy (non-hydrogen) atoms. The van der Waals surface area contributed by atoms with Crippen molar-refractivity contribution in [2.75, 3.05) is 46.0 Å². The fourth-order valence-corrected chi connectivity index (χ4v) is 19.2. The highest BCUT2D eigenvalue weighted by molar-refractivity contribution is 6.07. The minimum atomic E-state index is 0.202. The Bertz CT molecular complexity index is 6230. The van der Waals surface area contributed by atoms with Crippen LogP contribution < -0.4 is 76.4 Å². The third-order valence-corrected chi connectivity index (χ3v) is 25.7. The molecule has 0 aromatic heterocycles. The molecule has 0 fully saturated rings. The van der Waals surface area contributed by atoms with Crippen molar-refractivity contribution in [1.29, 1.82) is 0 Å². The fraction of sp³-hybridized carbons (Fsp3) is 0.255. The second-order valence-corrected chi connectivity index (χ2v) is 35.1. The number of hydrogen-bond acceptors (Lipinski definition) is 16. The van der Waals surface area contributed by atoms with Crippen molar-refractivity contribution in [3.8, 4) is 171 Å². The number of nitrogens with zero attached hydrogens (tertiary/aromatic N) is 4. The van der Waals surface area contributed by atoms with Gasteiger partial charge in [0.15, 0.2) is 92.0 Å². The first-order valence-corrected chi connectivity index (χ1v) is 45.3. The molecule has 632 valence electrons. The van der Waals surface area contributed by atoms with Crippen LogP contribution in [0.2, 0.25) is 0 Å². The molecule has 22 rings (SSSR count). The molecule has 10 aliphatic rings. The van der Waals surface area contributed by atoms with E-state index in [1.54, 1.807) is 0 Å². The van der Waals surface area contributed by atoms with Crippen LogP contribution in [0.3, 0.4) is 0 Å². The summed E-state index contributed by atoms with van der Waals surface area (Å²) in [7, 11) is 0. The zero-order chi connectivity index (χ0) is 85.0. The van der Waals surface area contributed by atoms with E-state index in [9.17, 15) is 0 Å². The normalized spacial score (nSPS) is 14.4. The van der Waals surface area contributed by atoms with Crippen LogP contribution in [-0.2, 0) is 0 Å². The summed E-state index contributed by atoms with van der Waals surface area (Å²) in [6.07, 6.45) is 12.5. The van der Waals surface area contributed by atoms with Crippen molar-refractivity contribution in [2.24, 2.45) is 23.7 Å². The minimum absolute atomic E-state index is 0.202. The highest BCUT2D eigenvalue weighted by Gasteiger charge is 2.43. The zero-order valence-corrected chi connectivity index (χ0v) is 72.4. The van der Waals surface area contributed by atoms with Gasteiger partial charge in [0, 0.05) is 46.5 Å². The van der Waals surface area contributed by atoms with Crippen LogP contribution in [0.5, 0.6) is 115 Å². The Labute approximate surface area is 736 Å². The Morgan fingerprint density at radius 2 is 0.437 bits per heavy atom. The largest absolute Gasteiger partial charge is 0.493 e. The topological polar surface area (TPSA) is 124 Å². The summed E-state index contributed by atoms with van der Waals surface area (Å²) < 4.78 is 86.9. The summed E-state index contributed by atoms with van der Waals surface area (Å²) in [6.45, 7) is 20.0. The SMILES string of the molecule is CCCCC(C)COc1cc2c(cc1-c1cc(-c3cc4c(cc3OCC(C)CCCC)N3c5ccccc5Oc5cccc(c53)O4)cc3c(-c4cc5c(cc4OCC(C)CCCC)N4c6ccccc6Oc6cccc(c64)O5)cc(-c4cc5c(cc4OCC(C)CCCC)N4c6ccccc6Oc6cccc(c64)O5)c-3c1)Oc1cccc3c1N2c1ccccc1O3. The molecule has 0 bridgehead atoms. The standard InChI is InChI=1S/C110H100N4O12/c1-9-13-29-65(5)61-115-99-57-83-103(123-95-45-25-41-91-107(95)111(83)79-33-17-21-37-87(79)119-91)53-71(99)69-49-70(72-54-104-84(58-100(72)116-62-66(6)30-14-10-2)112-80-34-18-22-38-88(80)120-92-42-26-46-96(124-104)108(92)112)51-74-73(50-69)75(77-55-105-85(59-101(77)117-63-67(7)31-15-11-3)113-81-35-19-23-39-89(81)121-93-43-27-47-97(125-105)109(93)113)52-76(74)78-56-106-86(60-102(78)118-64-68(8)32-16-12-4)114-82-36-20-24-40-90(82)122-94-44-28-48-98(126-106)110(94)114/h17-28,33-60,65-68H,9-16,29-32,61-64H2,1-8H3. The Morgan fingerprint density at radius 3 is 0.698 bits per heavy atom. The lowest BCUT2D eigenvalue weighted by atomic mass is 9.96. The van der Waals surface area contributed by atoms with Gasteiger partial charge >= 0.3 is 0 Å². The summed E-state index contributed by atoms with van der Waals surface area (Å²) >= 11 is 0. The molecular weight excluding hydrogens is 1570 g/mol. The molecule has 0 saturated carbocycles. The average Bonchev–Trinajstić information content (AvgIpc) is 1.13. The molecule has 0 N–H and O–H groups in total. The number of hydrogen-bond donors (Lipinski definition) is 0. The van der Waals surface area contributed by atoms with Crippen molar-refractivity contribution in [3.63, 3.8) is 0 Å². The van der Waals surface area contributed by atoms with Crippen molar-refractivity contribution in [2.45, 2.75) is 132 Å². The molecule has 12 aromatic carbocycles. The van der Waals surface area contributed by atoms with Crippen LogP contribution >= 0.6 is 0 Å². The lowest BCUT2D eigenvalue weighted by molar-refractivity contribution is 0.250. The van der Waals surface area contributed by atoms with E-state index in [1.165, 1.54) is 0 Å². The van der Waals surface area contributed by atoms with Crippen LogP contribution in [0.4, 0.5) is 68.2 Å². The first-order chi connectivity index (χ1) is 61.9. The number of benzene rings is 12. The van der Waals surface area contributed by atoms with E-state index in [2.05, 4.69) is 196 Å². The average molecular weight is 1670 g/mol. The van der Waals surface area contributed by atoms with Crippen LogP contribution in [-0.4, -0.2) is 26.4 Å². The van der Waals surface area contributed by atoms with E-state index in [0.29, 0.717) is 118 Å². The predicted octanol–water partition coefficient (Wildman–Crippen LogP) is 33.0. The van der Waals surface area contributed by atoms with Gasteiger partial charge in [-0.2, -0.15) is 0 Å². The molecule has 0 radical (unpaired) electrons. The maximum Gasteiger partial charge on any atom is 0.155 e. The quantitative estimate of drug-likeness (QED) is 0.0462. The number of fused-ring (bicyclic) bond motifs is 17. The molecule has 16 nitrogen and oxygen atoms in total. The van der Waals surface area contributed by atoms with E-state index in [4.69, 9.17) is 56.8 Å². The molecular formula is C110H100N4O12. The van der Waals surface area contributed by atoms with Crippen molar-refractivity contribution in [3.05, 3.63) is 243 Å². The molecule has 4 atom stereocenters. The second-order valence-electron chi connectivity index (χ2n) is 35.1. The van der Waals surface area contributed by atoms with Crippen LogP contribution in [0.1, 0.15) is 132 Å². The maximum atomic E-state index is 7.63. The molecule has 0 saturated heterocycles. The Hall–Kier alpha value is -13.9. The molecule has 8 aliphatic heterocycles. The maximum absolute atomic E-state index is 7.63. The Kier molecular flexibility index (Phi) is 20.1. The molecule has 2 aliphatic carbocycles. The lowest BCUT2D eigenvalue weighted by Gasteiger charge is -2.38. The van der Waals surface area contributed by atoms with Gasteiger partial charge in [0.25, 0.3) is 0 Å². The summed E-state index contributed by atoms with van der Waals surface area (Å²) in [4.78, 5) is 9.12. The van der Waals surface area contributed by atoms with Crippen molar-refractivity contribution >= 4 is 68.2 Å². The van der Waals surface area contributed by atoms with Gasteiger partial charge in [0.05, 0.1) is 71.9 Å². The van der Waals surface area contributed by atoms with Crippen molar-refractivity contribution < 1.29 is 56.8 Å². The van der Waals surface area contributed by atoms with E-state index in [1.807, 2.05) is 121 Å². The minimum Gasteiger partial charge on any atom is -0.493 e. The number of unbranched alkanes of at least 4 members (excludes halogenated alkanes) is 4. The summed E-state index contributed by atoms with van der Waals surface area (Å²) in [5, 5.41) is 0. The van der Waals surface area contributed by atoms with Gasteiger partial charge in [-0.3, -0.25) is 19.6 Å². The van der Waals surface area contributed by atoms with Gasteiger partial charge in [-0.1, -0.05) is 180 Å². The molecule has 0 spiro atoms. The van der Waals surface area contributed by atoms with Gasteiger partial charge in [-0.05, 0) is 228 Å². The van der Waals surface area contributed by atoms with Gasteiger partial charge in [0.1, 0.15) is 45.7 Å². The molecule has 16 heteroatoms. The smallest absolute Gasteiger partial charge is 0.155 e. The number of anilines is 12. The van der Waals surface area contributed by atoms with Gasteiger partial charge in [-0.25, -0.2) is 0 Å². The van der Waals surface area contributed by atoms with E-state index >= 15 is 0 Å². The van der Waals surface area contributed by atoms with Crippen molar-refractivity contribution in [1.82, 2.24) is 0 Å². The van der Waals surface area contributed by atoms with Gasteiger partial charge in [0.2, 0.25) is 0 Å². The Morgan fingerprint density at radius 1 is 0.214 bits per heavy atom.